The van der Waals surface area contributed by atoms with Crippen LogP contribution in [0.15, 0.2) is 78.9 Å². The van der Waals surface area contributed by atoms with Crippen LogP contribution in [0, 0.1) is 6.92 Å². The van der Waals surface area contributed by atoms with Crippen molar-refractivity contribution in [3.8, 4) is 21.6 Å². The highest BCUT2D eigenvalue weighted by atomic mass is 32.1. The topological polar surface area (TPSA) is 88.5 Å². The Labute approximate surface area is 208 Å². The van der Waals surface area contributed by atoms with Crippen LogP contribution in [0.2, 0.25) is 0 Å². The number of nitrogens with one attached hydrogen (secondary N) is 1. The van der Waals surface area contributed by atoms with Gasteiger partial charge in [-0.15, -0.1) is 0 Å². The summed E-state index contributed by atoms with van der Waals surface area (Å²) in [7, 11) is 0. The average molecular weight is 487 g/mol. The van der Waals surface area contributed by atoms with Gasteiger partial charge in [-0.25, -0.2) is 4.79 Å². The van der Waals surface area contributed by atoms with Crippen LogP contribution in [-0.2, 0) is 16.1 Å². The van der Waals surface area contributed by atoms with Gasteiger partial charge in [0, 0.05) is 0 Å². The Morgan fingerprint density at radius 3 is 2.14 bits per heavy atom. The van der Waals surface area contributed by atoms with Crippen LogP contribution >= 0.6 is 11.5 Å². The molecule has 35 heavy (non-hydrogen) atoms. The summed E-state index contributed by atoms with van der Waals surface area (Å²) in [4.78, 5) is 24.7. The number of hydrogen-bond donors (Lipinski definition) is 2. The Kier molecular flexibility index (Phi) is 7.57. The first-order valence-electron chi connectivity index (χ1n) is 11.3. The van der Waals surface area contributed by atoms with Crippen molar-refractivity contribution in [2.75, 3.05) is 5.32 Å². The number of rotatable bonds is 8. The van der Waals surface area contributed by atoms with Gasteiger partial charge >= 0.3 is 12.1 Å². The van der Waals surface area contributed by atoms with E-state index in [2.05, 4.69) is 9.69 Å². The van der Waals surface area contributed by atoms with E-state index in [0.717, 1.165) is 38.4 Å². The molecule has 1 aromatic heterocycles. The number of anilines is 1. The summed E-state index contributed by atoms with van der Waals surface area (Å²) < 4.78 is 9.78. The molecule has 1 heterocycles. The number of nitrogens with zero attached hydrogens (tertiary/aromatic N) is 1. The number of aryl methyl sites for hydroxylation is 1. The Bertz CT molecular complexity index is 1300. The summed E-state index contributed by atoms with van der Waals surface area (Å²) in [6.45, 7) is 3.92. The molecule has 4 rings (SSSR count). The predicted octanol–water partition coefficient (Wildman–Crippen LogP) is 7.11. The second-order valence-electron chi connectivity index (χ2n) is 8.16. The summed E-state index contributed by atoms with van der Waals surface area (Å²) in [5.41, 5.74) is 6.04. The lowest BCUT2D eigenvalue weighted by atomic mass is 9.94. The number of ether oxygens (including phenoxy) is 1. The molecule has 0 saturated heterocycles. The largest absolute Gasteiger partial charge is 0.481 e. The number of carboxylic acids is 1. The fraction of sp³-hybridized carbons (Fsp3) is 0.179. The highest BCUT2D eigenvalue weighted by Gasteiger charge is 2.18. The summed E-state index contributed by atoms with van der Waals surface area (Å²) in [5, 5.41) is 12.2. The first-order valence-corrected chi connectivity index (χ1v) is 12.1. The van der Waals surface area contributed by atoms with E-state index >= 15 is 0 Å². The Morgan fingerprint density at radius 1 is 0.943 bits per heavy atom. The summed E-state index contributed by atoms with van der Waals surface area (Å²) in [6.07, 6.45) is 0.0234. The van der Waals surface area contributed by atoms with Gasteiger partial charge in [0.25, 0.3) is 0 Å². The maximum atomic E-state index is 12.4. The molecular formula is C28H26N2O4S. The van der Waals surface area contributed by atoms with Gasteiger partial charge in [-0.05, 0) is 52.7 Å². The monoisotopic (exact) mass is 486 g/mol. The number of hydrogen-bond acceptors (Lipinski definition) is 5. The van der Waals surface area contributed by atoms with Crippen molar-refractivity contribution in [2.45, 2.75) is 32.8 Å². The zero-order valence-corrected chi connectivity index (χ0v) is 20.3. The van der Waals surface area contributed by atoms with Crippen molar-refractivity contribution in [1.29, 1.82) is 0 Å². The quantitative estimate of drug-likeness (QED) is 0.277. The van der Waals surface area contributed by atoms with Crippen molar-refractivity contribution in [1.82, 2.24) is 4.37 Å². The normalized spacial score (nSPS) is 11.6. The number of carbonyl (C=O) groups is 2. The predicted molar refractivity (Wildman–Crippen MR) is 139 cm³/mol. The molecule has 0 bridgehead atoms. The van der Waals surface area contributed by atoms with Crippen molar-refractivity contribution >= 4 is 29.3 Å². The van der Waals surface area contributed by atoms with Gasteiger partial charge in [-0.3, -0.25) is 10.1 Å². The lowest BCUT2D eigenvalue weighted by Gasteiger charge is -2.11. The molecular weight excluding hydrogens is 460 g/mol. The van der Waals surface area contributed by atoms with Crippen molar-refractivity contribution in [2.24, 2.45) is 0 Å². The molecule has 0 aliphatic carbocycles. The number of carbonyl (C=O) groups excluding carboxylic acids is 1. The molecule has 0 aliphatic heterocycles. The van der Waals surface area contributed by atoms with E-state index in [1.54, 1.807) is 0 Å². The molecule has 0 spiro atoms. The molecule has 0 fully saturated rings. The van der Waals surface area contributed by atoms with E-state index in [-0.39, 0.29) is 6.61 Å². The van der Waals surface area contributed by atoms with Crippen LogP contribution < -0.4 is 5.32 Å². The molecule has 0 radical (unpaired) electrons. The molecule has 178 valence electrons. The van der Waals surface area contributed by atoms with E-state index in [0.29, 0.717) is 12.1 Å². The van der Waals surface area contributed by atoms with Crippen LogP contribution in [0.1, 0.15) is 36.1 Å². The molecule has 1 atom stereocenters. The number of aromatic nitrogens is 1. The average Bonchev–Trinajstić information content (AvgIpc) is 3.24. The second kappa shape index (κ2) is 11.0. The van der Waals surface area contributed by atoms with Gasteiger partial charge in [0.05, 0.1) is 22.2 Å². The van der Waals surface area contributed by atoms with Crippen molar-refractivity contribution < 1.29 is 19.4 Å². The standard InChI is InChI=1S/C28H26N2O4S/c1-3-24(27(31)32)22-13-9-20(10-14-22)21-11-15-23(16-12-21)26-25(18(2)30-35-26)29-28(33)34-17-19-7-5-4-6-8-19/h4-16,24H,3,17H2,1-2H3,(H,29,33)(H,31,32). The molecule has 3 aromatic carbocycles. The highest BCUT2D eigenvalue weighted by Crippen LogP contribution is 2.36. The SMILES string of the molecule is CCC(C(=O)O)c1ccc(-c2ccc(-c3snc(C)c3NC(=O)OCc3ccccc3)cc2)cc1. The smallest absolute Gasteiger partial charge is 0.412 e. The third-order valence-corrected chi connectivity index (χ3v) is 6.79. The molecule has 1 amide bonds. The molecule has 7 heteroatoms. The van der Waals surface area contributed by atoms with Crippen LogP contribution in [-0.4, -0.2) is 21.5 Å². The fourth-order valence-corrected chi connectivity index (χ4v) is 4.70. The van der Waals surface area contributed by atoms with E-state index < -0.39 is 18.0 Å². The van der Waals surface area contributed by atoms with E-state index in [9.17, 15) is 14.7 Å². The lowest BCUT2D eigenvalue weighted by Crippen LogP contribution is -2.14. The summed E-state index contributed by atoms with van der Waals surface area (Å²) >= 11 is 1.32. The molecule has 2 N–H and O–H groups in total. The Hall–Kier alpha value is -3.97. The van der Waals surface area contributed by atoms with Gasteiger partial charge in [0.1, 0.15) is 6.61 Å². The first-order chi connectivity index (χ1) is 17.0. The van der Waals surface area contributed by atoms with E-state index in [4.69, 9.17) is 4.74 Å². The van der Waals surface area contributed by atoms with Gasteiger partial charge in [0.15, 0.2) is 0 Å². The van der Waals surface area contributed by atoms with Gasteiger partial charge < -0.3 is 9.84 Å². The van der Waals surface area contributed by atoms with Crippen LogP contribution in [0.4, 0.5) is 10.5 Å². The van der Waals surface area contributed by atoms with Crippen molar-refractivity contribution in [3.63, 3.8) is 0 Å². The third kappa shape index (κ3) is 5.75. The maximum absolute atomic E-state index is 12.4. The van der Waals surface area contributed by atoms with E-state index in [1.165, 1.54) is 11.5 Å². The van der Waals surface area contributed by atoms with Gasteiger partial charge in [-0.2, -0.15) is 4.37 Å². The summed E-state index contributed by atoms with van der Waals surface area (Å²) in [5.74, 6) is -1.30. The molecule has 0 saturated carbocycles. The zero-order chi connectivity index (χ0) is 24.8. The first kappa shape index (κ1) is 24.2. The summed E-state index contributed by atoms with van der Waals surface area (Å²) in [6, 6.07) is 25.2. The lowest BCUT2D eigenvalue weighted by molar-refractivity contribution is -0.138. The third-order valence-electron chi connectivity index (χ3n) is 5.80. The molecule has 6 nitrogen and oxygen atoms in total. The van der Waals surface area contributed by atoms with Crippen LogP contribution in [0.3, 0.4) is 0 Å². The van der Waals surface area contributed by atoms with Gasteiger partial charge in [-0.1, -0.05) is 85.8 Å². The van der Waals surface area contributed by atoms with Crippen LogP contribution in [0.25, 0.3) is 21.6 Å². The zero-order valence-electron chi connectivity index (χ0n) is 19.5. The fourth-order valence-electron chi connectivity index (χ4n) is 3.85. The van der Waals surface area contributed by atoms with Gasteiger partial charge in [0.2, 0.25) is 0 Å². The molecule has 1 unspecified atom stereocenters. The number of amides is 1. The maximum Gasteiger partial charge on any atom is 0.412 e. The van der Waals surface area contributed by atoms with Crippen molar-refractivity contribution in [3.05, 3.63) is 95.7 Å². The Morgan fingerprint density at radius 2 is 1.54 bits per heavy atom. The minimum absolute atomic E-state index is 0.192. The number of carboxylic acid groups (broad SMARTS) is 1. The highest BCUT2D eigenvalue weighted by molar-refractivity contribution is 7.10. The van der Waals surface area contributed by atoms with Crippen LogP contribution in [0.5, 0.6) is 0 Å². The molecule has 0 aliphatic rings. The minimum Gasteiger partial charge on any atom is -0.481 e. The molecule has 4 aromatic rings. The number of benzene rings is 3. The van der Waals surface area contributed by atoms with E-state index in [1.807, 2.05) is 92.7 Å². The minimum atomic E-state index is -0.808. The number of aliphatic carboxylic acids is 1. The Balaban J connectivity index is 1.47. The second-order valence-corrected chi connectivity index (χ2v) is 8.93.